The van der Waals surface area contributed by atoms with Gasteiger partial charge < -0.3 is 15.0 Å². The average Bonchev–Trinajstić information content (AvgIpc) is 3.40. The van der Waals surface area contributed by atoms with Gasteiger partial charge in [-0.1, -0.05) is 36.4 Å². The van der Waals surface area contributed by atoms with Gasteiger partial charge in [0.25, 0.3) is 11.8 Å². The number of carbonyl (C=O) groups excluding carboxylic acids is 2. The van der Waals surface area contributed by atoms with Gasteiger partial charge in [-0.15, -0.1) is 0 Å². The number of hydrogen-bond donors (Lipinski definition) is 1. The number of likely N-dealkylation sites (tertiary alicyclic amines) is 1. The number of methoxy groups -OCH3 is 1. The van der Waals surface area contributed by atoms with Crippen LogP contribution in [0.1, 0.15) is 46.9 Å². The van der Waals surface area contributed by atoms with Crippen LogP contribution in [-0.2, 0) is 4.74 Å². The molecule has 2 heterocycles. The molecule has 0 aromatic heterocycles. The highest BCUT2D eigenvalue weighted by Crippen LogP contribution is 2.35. The number of amides is 2. The molecule has 0 spiro atoms. The Morgan fingerprint density at radius 3 is 2.45 bits per heavy atom. The minimum atomic E-state index is -0.572. The van der Waals surface area contributed by atoms with E-state index in [1.165, 1.54) is 24.3 Å². The summed E-state index contributed by atoms with van der Waals surface area (Å²) in [4.78, 5) is 32.8. The van der Waals surface area contributed by atoms with Crippen LogP contribution in [0.4, 0.5) is 8.78 Å². The summed E-state index contributed by atoms with van der Waals surface area (Å²) in [5.74, 6) is -0.740. The first-order valence-corrected chi connectivity index (χ1v) is 15.1. The van der Waals surface area contributed by atoms with E-state index in [0.717, 1.165) is 46.7 Å². The second kappa shape index (κ2) is 12.7. The molecular weight excluding hydrogens is 560 g/mol. The first-order valence-electron chi connectivity index (χ1n) is 15.1. The van der Waals surface area contributed by atoms with Crippen LogP contribution in [0.5, 0.6) is 0 Å². The molecule has 3 aromatic carbocycles. The summed E-state index contributed by atoms with van der Waals surface area (Å²) in [5, 5.41) is 4.61. The molecule has 6 nitrogen and oxygen atoms in total. The summed E-state index contributed by atoms with van der Waals surface area (Å²) in [6.07, 6.45) is 7.08. The van der Waals surface area contributed by atoms with Gasteiger partial charge in [0.2, 0.25) is 0 Å². The third-order valence-corrected chi connectivity index (χ3v) is 8.74. The number of benzene rings is 3. The van der Waals surface area contributed by atoms with Crippen molar-refractivity contribution < 1.29 is 23.1 Å². The standard InChI is InChI=1S/C36H35F2N3O3/c1-22-18-24(20-32-33(22)34-29(4-3-5-31(34)40-32)35(42)39-14-17-44-2)19-23-12-15-41(16-13-23)36(43)28-11-8-26(21-30(28)38)25-6-9-27(37)10-7-25/h3-11,18,20-21,23-24H,12-17,19H2,1-2H3,(H,39,42). The van der Waals surface area contributed by atoms with Crippen LogP contribution in [0, 0.1) is 23.5 Å². The van der Waals surface area contributed by atoms with Crippen molar-refractivity contribution in [1.82, 2.24) is 10.2 Å². The summed E-state index contributed by atoms with van der Waals surface area (Å²) in [7, 11) is 1.60. The van der Waals surface area contributed by atoms with Crippen molar-refractivity contribution >= 4 is 17.4 Å². The monoisotopic (exact) mass is 595 g/mol. The highest BCUT2D eigenvalue weighted by molar-refractivity contribution is 5.97. The molecule has 3 aromatic rings. The Labute approximate surface area is 255 Å². The second-order valence-corrected chi connectivity index (χ2v) is 11.7. The fourth-order valence-corrected chi connectivity index (χ4v) is 6.51. The minimum Gasteiger partial charge on any atom is -0.383 e. The predicted molar refractivity (Wildman–Crippen MR) is 165 cm³/mol. The molecule has 1 atom stereocenters. The third kappa shape index (κ3) is 5.99. The van der Waals surface area contributed by atoms with Crippen molar-refractivity contribution in [2.45, 2.75) is 26.2 Å². The Morgan fingerprint density at radius 1 is 0.977 bits per heavy atom. The van der Waals surface area contributed by atoms with Gasteiger partial charge in [-0.3, -0.25) is 9.59 Å². The van der Waals surface area contributed by atoms with E-state index in [9.17, 15) is 14.0 Å². The van der Waals surface area contributed by atoms with Crippen LogP contribution in [0.2, 0.25) is 0 Å². The summed E-state index contributed by atoms with van der Waals surface area (Å²) < 4.78 is 33.3. The lowest BCUT2D eigenvalue weighted by molar-refractivity contribution is 0.0679. The maximum absolute atomic E-state index is 15.0. The fourth-order valence-electron chi connectivity index (χ4n) is 6.51. The Kier molecular flexibility index (Phi) is 8.53. The molecule has 1 N–H and O–H groups in total. The zero-order chi connectivity index (χ0) is 30.8. The largest absolute Gasteiger partial charge is 0.383 e. The number of piperidine rings is 1. The molecule has 0 radical (unpaired) electrons. The van der Waals surface area contributed by atoms with Crippen molar-refractivity contribution in [3.05, 3.63) is 117 Å². The van der Waals surface area contributed by atoms with Gasteiger partial charge in [0.05, 0.1) is 23.2 Å². The highest BCUT2D eigenvalue weighted by Gasteiger charge is 2.29. The molecule has 2 amide bonds. The van der Waals surface area contributed by atoms with Gasteiger partial charge in [-0.05, 0) is 91.1 Å². The summed E-state index contributed by atoms with van der Waals surface area (Å²) in [5.41, 5.74) is 5.00. The Hall–Kier alpha value is -4.43. The number of ether oxygens (including phenoxy) is 1. The van der Waals surface area contributed by atoms with E-state index in [1.807, 2.05) is 18.2 Å². The van der Waals surface area contributed by atoms with Gasteiger partial charge in [0.15, 0.2) is 0 Å². The quantitative estimate of drug-likeness (QED) is 0.365. The molecule has 0 saturated carbocycles. The predicted octanol–water partition coefficient (Wildman–Crippen LogP) is 5.19. The molecule has 1 aliphatic carbocycles. The third-order valence-electron chi connectivity index (χ3n) is 8.74. The normalized spacial score (nSPS) is 17.8. The molecule has 1 saturated heterocycles. The van der Waals surface area contributed by atoms with Crippen LogP contribution in [0.25, 0.3) is 16.7 Å². The van der Waals surface area contributed by atoms with Crippen LogP contribution < -0.4 is 15.9 Å². The van der Waals surface area contributed by atoms with Crippen LogP contribution in [0.3, 0.4) is 0 Å². The fraction of sp³-hybridized carbons (Fsp3) is 0.306. The Bertz CT molecular complexity index is 1790. The van der Waals surface area contributed by atoms with E-state index in [2.05, 4.69) is 24.4 Å². The van der Waals surface area contributed by atoms with Gasteiger partial charge in [-0.25, -0.2) is 13.8 Å². The molecule has 226 valence electrons. The minimum absolute atomic E-state index is 0.0575. The van der Waals surface area contributed by atoms with Crippen molar-refractivity contribution in [3.63, 3.8) is 0 Å². The molecule has 6 rings (SSSR count). The lowest BCUT2D eigenvalue weighted by Gasteiger charge is -2.33. The summed E-state index contributed by atoms with van der Waals surface area (Å²) in [6, 6.07) is 16.1. The van der Waals surface area contributed by atoms with Crippen LogP contribution in [-0.4, -0.2) is 50.1 Å². The zero-order valence-electron chi connectivity index (χ0n) is 24.9. The van der Waals surface area contributed by atoms with Crippen LogP contribution in [0.15, 0.2) is 89.1 Å². The van der Waals surface area contributed by atoms with E-state index in [0.29, 0.717) is 48.8 Å². The smallest absolute Gasteiger partial charge is 0.256 e. The molecule has 0 bridgehead atoms. The first-order chi connectivity index (χ1) is 21.3. The lowest BCUT2D eigenvalue weighted by Crippen LogP contribution is -2.39. The number of rotatable bonds is 8. The van der Waals surface area contributed by atoms with E-state index in [1.54, 1.807) is 30.2 Å². The molecule has 2 aliphatic heterocycles. The molecular formula is C36H35F2N3O3. The molecule has 1 unspecified atom stereocenters. The number of halogens is 2. The van der Waals surface area contributed by atoms with E-state index in [4.69, 9.17) is 9.73 Å². The van der Waals surface area contributed by atoms with Crippen molar-refractivity contribution in [2.24, 2.45) is 16.8 Å². The maximum Gasteiger partial charge on any atom is 0.256 e. The van der Waals surface area contributed by atoms with Crippen molar-refractivity contribution in [1.29, 1.82) is 0 Å². The van der Waals surface area contributed by atoms with Crippen molar-refractivity contribution in [3.8, 4) is 11.1 Å². The number of carbonyl (C=O) groups is 2. The van der Waals surface area contributed by atoms with E-state index in [-0.39, 0.29) is 29.1 Å². The van der Waals surface area contributed by atoms with Gasteiger partial charge in [0.1, 0.15) is 11.6 Å². The van der Waals surface area contributed by atoms with Crippen molar-refractivity contribution in [2.75, 3.05) is 33.4 Å². The topological polar surface area (TPSA) is 71.0 Å². The lowest BCUT2D eigenvalue weighted by atomic mass is 9.82. The number of hydrogen-bond acceptors (Lipinski definition) is 4. The van der Waals surface area contributed by atoms with Gasteiger partial charge >= 0.3 is 0 Å². The number of nitrogens with zero attached hydrogens (tertiary/aromatic N) is 2. The molecule has 44 heavy (non-hydrogen) atoms. The molecule has 3 aliphatic rings. The first kappa shape index (κ1) is 29.6. The number of fused-ring (bicyclic) bond motifs is 2. The van der Waals surface area contributed by atoms with Crippen LogP contribution >= 0.6 is 0 Å². The summed E-state index contributed by atoms with van der Waals surface area (Å²) in [6.45, 7) is 4.11. The van der Waals surface area contributed by atoms with E-state index < -0.39 is 5.82 Å². The van der Waals surface area contributed by atoms with Gasteiger partial charge in [0, 0.05) is 43.1 Å². The number of allylic oxidation sites excluding steroid dienone is 3. The summed E-state index contributed by atoms with van der Waals surface area (Å²) >= 11 is 0. The SMILES string of the molecule is COCCNC(=O)c1cccc2c1=C1C(C)=CC(CC3CCN(C(=O)c4ccc(-c5ccc(F)cc5)cc4F)CC3)C=C1N=2. The van der Waals surface area contributed by atoms with Gasteiger partial charge in [-0.2, -0.15) is 0 Å². The Morgan fingerprint density at radius 2 is 1.73 bits per heavy atom. The maximum atomic E-state index is 15.0. The molecule has 8 heteroatoms. The van der Waals surface area contributed by atoms with E-state index >= 15 is 4.39 Å². The Balaban J connectivity index is 1.10. The molecule has 1 fully saturated rings. The second-order valence-electron chi connectivity index (χ2n) is 11.7. The number of nitrogens with one attached hydrogen (secondary N) is 1. The highest BCUT2D eigenvalue weighted by atomic mass is 19.1. The average molecular weight is 596 g/mol. The zero-order valence-corrected chi connectivity index (χ0v) is 24.9.